The number of sulfonamides is 1. The third kappa shape index (κ3) is 3.42. The number of carbonyl (C=O) groups excluding carboxylic acids is 2. The molecule has 0 spiro atoms. The van der Waals surface area contributed by atoms with Gasteiger partial charge in [0.25, 0.3) is 11.8 Å². The first-order chi connectivity index (χ1) is 7.11. The molecule has 0 atom stereocenters. The number of imide groups is 1. The summed E-state index contributed by atoms with van der Waals surface area (Å²) in [6.45, 7) is 3.21. The maximum atomic E-state index is 11.3. The van der Waals surface area contributed by atoms with Gasteiger partial charge in [-0.05, 0) is 13.8 Å². The molecule has 0 unspecified atom stereocenters. The molecule has 0 saturated heterocycles. The van der Waals surface area contributed by atoms with Crippen molar-refractivity contribution in [3.63, 3.8) is 0 Å². The molecule has 0 saturated carbocycles. The average Bonchev–Trinajstić information content (AvgIpc) is 2.30. The van der Waals surface area contributed by atoms with Crippen LogP contribution in [0.2, 0.25) is 0 Å². The lowest BCUT2D eigenvalue weighted by atomic mass is 10.1. The predicted molar refractivity (Wildman–Crippen MR) is 57.9 cm³/mol. The Morgan fingerprint density at radius 3 is 2.06 bits per heavy atom. The van der Waals surface area contributed by atoms with E-state index in [-0.39, 0.29) is 6.54 Å². The van der Waals surface area contributed by atoms with Gasteiger partial charge >= 0.3 is 0 Å². The van der Waals surface area contributed by atoms with Crippen molar-refractivity contribution >= 4 is 21.8 Å². The summed E-state index contributed by atoms with van der Waals surface area (Å²) >= 11 is 0. The Hall–Kier alpha value is -1.21. The first kappa shape index (κ1) is 12.9. The third-order valence-corrected chi connectivity index (χ3v) is 2.84. The van der Waals surface area contributed by atoms with E-state index in [9.17, 15) is 18.0 Å². The molecule has 1 N–H and O–H groups in total. The molecule has 2 amide bonds. The molecule has 0 bridgehead atoms. The van der Waals surface area contributed by atoms with Gasteiger partial charge in [-0.25, -0.2) is 13.1 Å². The average molecular weight is 246 g/mol. The maximum absolute atomic E-state index is 11.3. The molecule has 1 aliphatic rings. The Morgan fingerprint density at radius 1 is 1.25 bits per heavy atom. The van der Waals surface area contributed by atoms with Gasteiger partial charge in [-0.3, -0.25) is 14.5 Å². The molecule has 90 valence electrons. The quantitative estimate of drug-likeness (QED) is 0.661. The number of nitrogens with zero attached hydrogens (tertiary/aromatic N) is 1. The zero-order valence-electron chi connectivity index (χ0n) is 9.35. The normalized spacial score (nSPS) is 17.3. The fourth-order valence-electron chi connectivity index (χ4n) is 1.52. The van der Waals surface area contributed by atoms with E-state index in [1.807, 2.05) is 0 Å². The van der Waals surface area contributed by atoms with Crippen LogP contribution in [-0.2, 0) is 19.6 Å². The van der Waals surface area contributed by atoms with E-state index >= 15 is 0 Å². The van der Waals surface area contributed by atoms with E-state index in [1.54, 1.807) is 13.8 Å². The molecule has 1 aliphatic heterocycles. The summed E-state index contributed by atoms with van der Waals surface area (Å²) in [7, 11) is -3.38. The Morgan fingerprint density at radius 2 is 1.69 bits per heavy atom. The standard InChI is InChI=1S/C9H14N2O4S/c1-9(2,10-16(3,14)15)6-11-7(12)4-5-8(11)13/h4-5,10H,6H2,1-3H3. The monoisotopic (exact) mass is 246 g/mol. The number of rotatable bonds is 4. The summed E-state index contributed by atoms with van der Waals surface area (Å²) in [6.07, 6.45) is 3.36. The molecular formula is C9H14N2O4S. The summed E-state index contributed by atoms with van der Waals surface area (Å²) in [4.78, 5) is 23.5. The SMILES string of the molecule is CC(C)(CN1C(=O)C=CC1=O)NS(C)(=O)=O. The second-order valence-corrected chi connectivity index (χ2v) is 6.10. The molecule has 16 heavy (non-hydrogen) atoms. The fourth-order valence-corrected chi connectivity index (χ4v) is 2.58. The van der Waals surface area contributed by atoms with Crippen LogP contribution < -0.4 is 4.72 Å². The number of nitrogens with one attached hydrogen (secondary N) is 1. The summed E-state index contributed by atoms with van der Waals surface area (Å²) in [5, 5.41) is 0. The van der Waals surface area contributed by atoms with Gasteiger partial charge in [0.05, 0.1) is 6.26 Å². The number of hydrogen-bond donors (Lipinski definition) is 1. The summed E-state index contributed by atoms with van der Waals surface area (Å²) in [5.74, 6) is -0.846. The first-order valence-electron chi connectivity index (χ1n) is 4.63. The highest BCUT2D eigenvalue weighted by Gasteiger charge is 2.31. The third-order valence-electron chi connectivity index (χ3n) is 1.92. The Bertz CT molecular complexity index is 432. The highest BCUT2D eigenvalue weighted by Crippen LogP contribution is 2.11. The summed E-state index contributed by atoms with van der Waals surface area (Å²) in [5.41, 5.74) is -0.884. The van der Waals surface area contributed by atoms with Crippen LogP contribution in [-0.4, -0.2) is 43.5 Å². The molecule has 0 aromatic carbocycles. The van der Waals surface area contributed by atoms with E-state index in [2.05, 4.69) is 4.72 Å². The molecule has 0 aromatic heterocycles. The molecule has 7 heteroatoms. The van der Waals surface area contributed by atoms with Crippen LogP contribution in [0.15, 0.2) is 12.2 Å². The van der Waals surface area contributed by atoms with Crippen molar-refractivity contribution in [2.24, 2.45) is 0 Å². The lowest BCUT2D eigenvalue weighted by molar-refractivity contribution is -0.137. The van der Waals surface area contributed by atoms with Crippen LogP contribution in [0, 0.1) is 0 Å². The van der Waals surface area contributed by atoms with Crippen molar-refractivity contribution in [2.45, 2.75) is 19.4 Å². The van der Waals surface area contributed by atoms with Gasteiger partial charge in [-0.15, -0.1) is 0 Å². The number of hydrogen-bond acceptors (Lipinski definition) is 4. The van der Waals surface area contributed by atoms with E-state index in [1.165, 1.54) is 12.2 Å². The summed E-state index contributed by atoms with van der Waals surface area (Å²) in [6, 6.07) is 0. The van der Waals surface area contributed by atoms with Gasteiger partial charge in [0.15, 0.2) is 0 Å². The van der Waals surface area contributed by atoms with Gasteiger partial charge in [0.2, 0.25) is 10.0 Å². The maximum Gasteiger partial charge on any atom is 0.253 e. The topological polar surface area (TPSA) is 83.6 Å². The van der Waals surface area contributed by atoms with Crippen molar-refractivity contribution in [2.75, 3.05) is 12.8 Å². The van der Waals surface area contributed by atoms with Crippen molar-refractivity contribution in [3.8, 4) is 0 Å². The van der Waals surface area contributed by atoms with Crippen molar-refractivity contribution in [1.29, 1.82) is 0 Å². The molecule has 0 aliphatic carbocycles. The highest BCUT2D eigenvalue weighted by molar-refractivity contribution is 7.88. The van der Waals surface area contributed by atoms with Crippen LogP contribution in [0.5, 0.6) is 0 Å². The molecule has 0 radical (unpaired) electrons. The minimum absolute atomic E-state index is 0.00470. The van der Waals surface area contributed by atoms with Crippen molar-refractivity contribution in [3.05, 3.63) is 12.2 Å². The van der Waals surface area contributed by atoms with Gasteiger partial charge in [-0.2, -0.15) is 0 Å². The van der Waals surface area contributed by atoms with Crippen molar-refractivity contribution in [1.82, 2.24) is 9.62 Å². The predicted octanol–water partition coefficient (Wildman–Crippen LogP) is -0.761. The van der Waals surface area contributed by atoms with Gasteiger partial charge in [0.1, 0.15) is 0 Å². The molecule has 6 nitrogen and oxygen atoms in total. The largest absolute Gasteiger partial charge is 0.274 e. The Kier molecular flexibility index (Phi) is 3.20. The summed E-state index contributed by atoms with van der Waals surface area (Å²) < 4.78 is 24.5. The van der Waals surface area contributed by atoms with E-state index in [0.717, 1.165) is 11.2 Å². The van der Waals surface area contributed by atoms with Crippen LogP contribution in [0.1, 0.15) is 13.8 Å². The van der Waals surface area contributed by atoms with Crippen LogP contribution >= 0.6 is 0 Å². The molecule has 1 rings (SSSR count). The van der Waals surface area contributed by atoms with Gasteiger partial charge < -0.3 is 0 Å². The van der Waals surface area contributed by atoms with Crippen molar-refractivity contribution < 1.29 is 18.0 Å². The first-order valence-corrected chi connectivity index (χ1v) is 6.52. The van der Waals surface area contributed by atoms with Gasteiger partial charge in [0, 0.05) is 24.2 Å². The minimum atomic E-state index is -3.38. The zero-order valence-corrected chi connectivity index (χ0v) is 10.2. The lowest BCUT2D eigenvalue weighted by Gasteiger charge is -2.29. The molecule has 1 heterocycles. The van der Waals surface area contributed by atoms with Crippen LogP contribution in [0.25, 0.3) is 0 Å². The zero-order chi connectivity index (χ0) is 12.6. The van der Waals surface area contributed by atoms with E-state index in [0.29, 0.717) is 0 Å². The second-order valence-electron chi connectivity index (χ2n) is 4.35. The number of carbonyl (C=O) groups is 2. The van der Waals surface area contributed by atoms with Crippen LogP contribution in [0.4, 0.5) is 0 Å². The smallest absolute Gasteiger partial charge is 0.253 e. The van der Waals surface area contributed by atoms with Crippen LogP contribution in [0.3, 0.4) is 0 Å². The van der Waals surface area contributed by atoms with E-state index < -0.39 is 27.4 Å². The lowest BCUT2D eigenvalue weighted by Crippen LogP contribution is -2.52. The Balaban J connectivity index is 2.74. The number of amides is 2. The minimum Gasteiger partial charge on any atom is -0.274 e. The second kappa shape index (κ2) is 3.99. The van der Waals surface area contributed by atoms with E-state index in [4.69, 9.17) is 0 Å². The molecule has 0 fully saturated rings. The van der Waals surface area contributed by atoms with Gasteiger partial charge in [-0.1, -0.05) is 0 Å². The highest BCUT2D eigenvalue weighted by atomic mass is 32.2. The molecule has 0 aromatic rings. The Labute approximate surface area is 94.4 Å². The fraction of sp³-hybridized carbons (Fsp3) is 0.556. The molecular weight excluding hydrogens is 232 g/mol.